The molecule has 0 unspecified atom stereocenters. The lowest BCUT2D eigenvalue weighted by molar-refractivity contribution is 0.0729. The largest absolute Gasteiger partial charge is 0.382 e. The SMILES string of the molecule is Nc1cc2c(nn1)CCN(C(=O)c1n[nH]c3ccccc13)C2. The zero-order valence-corrected chi connectivity index (χ0v) is 11.8. The maximum Gasteiger partial charge on any atom is 0.275 e. The highest BCUT2D eigenvalue weighted by atomic mass is 16.2. The number of carbonyl (C=O) groups excluding carboxylic acids is 1. The van der Waals surface area contributed by atoms with Gasteiger partial charge in [0, 0.05) is 24.9 Å². The first-order valence-corrected chi connectivity index (χ1v) is 7.06. The number of aromatic nitrogens is 4. The summed E-state index contributed by atoms with van der Waals surface area (Å²) in [7, 11) is 0. The molecule has 0 saturated heterocycles. The fourth-order valence-corrected chi connectivity index (χ4v) is 2.80. The van der Waals surface area contributed by atoms with Gasteiger partial charge in [0.2, 0.25) is 0 Å². The summed E-state index contributed by atoms with van der Waals surface area (Å²) in [5.41, 5.74) is 8.85. The van der Waals surface area contributed by atoms with Gasteiger partial charge >= 0.3 is 0 Å². The van der Waals surface area contributed by atoms with E-state index in [2.05, 4.69) is 20.4 Å². The Morgan fingerprint density at radius 3 is 3.05 bits per heavy atom. The Morgan fingerprint density at radius 1 is 1.27 bits per heavy atom. The number of nitrogen functional groups attached to an aromatic ring is 1. The molecule has 0 aliphatic carbocycles. The van der Waals surface area contributed by atoms with Crippen LogP contribution in [0.2, 0.25) is 0 Å². The average Bonchev–Trinajstić information content (AvgIpc) is 2.97. The van der Waals surface area contributed by atoms with Crippen molar-refractivity contribution in [2.24, 2.45) is 0 Å². The molecule has 22 heavy (non-hydrogen) atoms. The molecule has 1 aliphatic rings. The standard InChI is InChI=1S/C15H14N6O/c16-13-7-9-8-21(6-5-11(9)17-19-13)15(22)14-10-3-1-2-4-12(10)18-20-14/h1-4,7H,5-6,8H2,(H2,16,19)(H,18,20). The molecule has 7 nitrogen and oxygen atoms in total. The van der Waals surface area contributed by atoms with Gasteiger partial charge in [-0.15, -0.1) is 5.10 Å². The number of amides is 1. The quantitative estimate of drug-likeness (QED) is 0.700. The molecule has 0 spiro atoms. The zero-order valence-electron chi connectivity index (χ0n) is 11.8. The van der Waals surface area contributed by atoms with Crippen molar-refractivity contribution in [2.75, 3.05) is 12.3 Å². The van der Waals surface area contributed by atoms with Gasteiger partial charge in [0.25, 0.3) is 5.91 Å². The van der Waals surface area contributed by atoms with E-state index in [0.29, 0.717) is 31.0 Å². The van der Waals surface area contributed by atoms with Gasteiger partial charge in [-0.1, -0.05) is 18.2 Å². The van der Waals surface area contributed by atoms with Gasteiger partial charge in [0.05, 0.1) is 11.2 Å². The Morgan fingerprint density at radius 2 is 2.14 bits per heavy atom. The molecule has 1 amide bonds. The fourth-order valence-electron chi connectivity index (χ4n) is 2.80. The number of fused-ring (bicyclic) bond motifs is 2. The van der Waals surface area contributed by atoms with Crippen LogP contribution in [0.3, 0.4) is 0 Å². The van der Waals surface area contributed by atoms with E-state index >= 15 is 0 Å². The van der Waals surface area contributed by atoms with E-state index in [9.17, 15) is 4.79 Å². The van der Waals surface area contributed by atoms with Crippen molar-refractivity contribution in [2.45, 2.75) is 13.0 Å². The lowest BCUT2D eigenvalue weighted by atomic mass is 10.1. The predicted octanol–water partition coefficient (Wildman–Crippen LogP) is 1.13. The third-order valence-corrected chi connectivity index (χ3v) is 3.92. The van der Waals surface area contributed by atoms with E-state index in [1.807, 2.05) is 24.3 Å². The molecule has 4 rings (SSSR count). The monoisotopic (exact) mass is 294 g/mol. The van der Waals surface area contributed by atoms with Crippen molar-refractivity contribution < 1.29 is 4.79 Å². The highest BCUT2D eigenvalue weighted by Gasteiger charge is 2.25. The summed E-state index contributed by atoms with van der Waals surface area (Å²) in [6, 6.07) is 9.39. The molecule has 2 aromatic heterocycles. The van der Waals surface area contributed by atoms with E-state index in [1.54, 1.807) is 11.0 Å². The Hall–Kier alpha value is -2.96. The van der Waals surface area contributed by atoms with E-state index < -0.39 is 0 Å². The number of hydrogen-bond donors (Lipinski definition) is 2. The van der Waals surface area contributed by atoms with Crippen LogP contribution in [0.25, 0.3) is 10.9 Å². The molecular weight excluding hydrogens is 280 g/mol. The first kappa shape index (κ1) is 12.8. The number of rotatable bonds is 1. The number of nitrogens with zero attached hydrogens (tertiary/aromatic N) is 4. The van der Waals surface area contributed by atoms with Gasteiger partial charge in [0.15, 0.2) is 5.69 Å². The number of carbonyl (C=O) groups is 1. The lowest BCUT2D eigenvalue weighted by Gasteiger charge is -2.27. The molecular formula is C15H14N6O. The number of nitrogens with two attached hydrogens (primary N) is 1. The molecule has 3 N–H and O–H groups in total. The summed E-state index contributed by atoms with van der Waals surface area (Å²) in [5.74, 6) is 0.289. The molecule has 0 radical (unpaired) electrons. The van der Waals surface area contributed by atoms with Crippen molar-refractivity contribution in [1.29, 1.82) is 0 Å². The van der Waals surface area contributed by atoms with Crippen LogP contribution >= 0.6 is 0 Å². The van der Waals surface area contributed by atoms with E-state index in [1.165, 1.54) is 0 Å². The number of para-hydroxylation sites is 1. The minimum atomic E-state index is -0.0847. The number of aromatic amines is 1. The minimum Gasteiger partial charge on any atom is -0.382 e. The van der Waals surface area contributed by atoms with Gasteiger partial charge in [-0.25, -0.2) is 0 Å². The highest BCUT2D eigenvalue weighted by molar-refractivity contribution is 6.04. The molecule has 0 fully saturated rings. The molecule has 0 atom stereocenters. The van der Waals surface area contributed by atoms with Crippen LogP contribution in [0.15, 0.2) is 30.3 Å². The topological polar surface area (TPSA) is 101 Å². The fraction of sp³-hybridized carbons (Fsp3) is 0.200. The van der Waals surface area contributed by atoms with Gasteiger partial charge < -0.3 is 10.6 Å². The lowest BCUT2D eigenvalue weighted by Crippen LogP contribution is -2.36. The van der Waals surface area contributed by atoms with Crippen LogP contribution in [-0.4, -0.2) is 37.7 Å². The van der Waals surface area contributed by atoms with Crippen molar-refractivity contribution >= 4 is 22.6 Å². The van der Waals surface area contributed by atoms with Crippen LogP contribution in [-0.2, 0) is 13.0 Å². The maximum atomic E-state index is 12.7. The molecule has 0 saturated carbocycles. The van der Waals surface area contributed by atoms with Gasteiger partial charge in [-0.3, -0.25) is 9.89 Å². The normalized spacial score (nSPS) is 14.1. The van der Waals surface area contributed by atoms with Crippen molar-refractivity contribution in [3.63, 3.8) is 0 Å². The zero-order chi connectivity index (χ0) is 15.1. The molecule has 3 aromatic rings. The van der Waals surface area contributed by atoms with E-state index in [4.69, 9.17) is 5.73 Å². The third kappa shape index (κ3) is 1.98. The Balaban J connectivity index is 1.67. The van der Waals surface area contributed by atoms with Crippen LogP contribution < -0.4 is 5.73 Å². The molecule has 1 aliphatic heterocycles. The van der Waals surface area contributed by atoms with E-state index in [0.717, 1.165) is 22.2 Å². The number of H-pyrrole nitrogens is 1. The van der Waals surface area contributed by atoms with Gasteiger partial charge in [-0.2, -0.15) is 10.2 Å². The van der Waals surface area contributed by atoms with Crippen LogP contribution in [0.1, 0.15) is 21.7 Å². The second-order valence-corrected chi connectivity index (χ2v) is 5.34. The van der Waals surface area contributed by atoms with Crippen LogP contribution in [0.4, 0.5) is 5.82 Å². The molecule has 0 bridgehead atoms. The molecule has 3 heterocycles. The summed E-state index contributed by atoms with van der Waals surface area (Å²) in [5, 5.41) is 15.9. The number of anilines is 1. The summed E-state index contributed by atoms with van der Waals surface area (Å²) in [6.07, 6.45) is 0.677. The van der Waals surface area contributed by atoms with E-state index in [-0.39, 0.29) is 5.91 Å². The van der Waals surface area contributed by atoms with Crippen LogP contribution in [0, 0.1) is 0 Å². The Labute approximate surface area is 126 Å². The summed E-state index contributed by atoms with van der Waals surface area (Å²) < 4.78 is 0. The van der Waals surface area contributed by atoms with Crippen molar-refractivity contribution in [3.8, 4) is 0 Å². The summed E-state index contributed by atoms with van der Waals surface area (Å²) >= 11 is 0. The number of hydrogen-bond acceptors (Lipinski definition) is 5. The van der Waals surface area contributed by atoms with Crippen molar-refractivity contribution in [3.05, 3.63) is 47.3 Å². The van der Waals surface area contributed by atoms with Gasteiger partial charge in [-0.05, 0) is 17.7 Å². The average molecular weight is 294 g/mol. The first-order valence-electron chi connectivity index (χ1n) is 7.06. The van der Waals surface area contributed by atoms with Gasteiger partial charge in [0.1, 0.15) is 5.82 Å². The Kier molecular flexibility index (Phi) is 2.78. The highest BCUT2D eigenvalue weighted by Crippen LogP contribution is 2.22. The van der Waals surface area contributed by atoms with Crippen molar-refractivity contribution in [1.82, 2.24) is 25.3 Å². The number of nitrogens with one attached hydrogen (secondary N) is 1. The summed E-state index contributed by atoms with van der Waals surface area (Å²) in [4.78, 5) is 14.5. The molecule has 110 valence electrons. The minimum absolute atomic E-state index is 0.0847. The Bertz CT molecular complexity index is 871. The van der Waals surface area contributed by atoms with Crippen LogP contribution in [0.5, 0.6) is 0 Å². The third-order valence-electron chi connectivity index (χ3n) is 3.92. The number of benzene rings is 1. The smallest absolute Gasteiger partial charge is 0.275 e. The predicted molar refractivity (Wildman–Crippen MR) is 81.0 cm³/mol. The summed E-state index contributed by atoms with van der Waals surface area (Å²) in [6.45, 7) is 1.08. The second-order valence-electron chi connectivity index (χ2n) is 5.34. The molecule has 1 aromatic carbocycles. The second kappa shape index (κ2) is 4.80. The maximum absolute atomic E-state index is 12.7. The first-order chi connectivity index (χ1) is 10.7. The molecule has 7 heteroatoms.